The van der Waals surface area contributed by atoms with Crippen molar-refractivity contribution in [3.8, 4) is 11.4 Å². The molecule has 0 aliphatic carbocycles. The molecule has 3 aromatic rings. The third-order valence-corrected chi connectivity index (χ3v) is 5.45. The molecule has 2 aromatic carbocycles. The van der Waals surface area contributed by atoms with Gasteiger partial charge in [0, 0.05) is 17.1 Å². The Morgan fingerprint density at radius 2 is 1.92 bits per heavy atom. The molecule has 0 radical (unpaired) electrons. The molecule has 0 unspecified atom stereocenters. The van der Waals surface area contributed by atoms with Gasteiger partial charge in [0.25, 0.3) is 10.0 Å². The van der Waals surface area contributed by atoms with Crippen molar-refractivity contribution in [2.45, 2.75) is 11.3 Å². The van der Waals surface area contributed by atoms with Crippen LogP contribution in [0.5, 0.6) is 0 Å². The van der Waals surface area contributed by atoms with Crippen molar-refractivity contribution in [1.29, 1.82) is 0 Å². The molecule has 1 aromatic heterocycles. The van der Waals surface area contributed by atoms with Crippen molar-refractivity contribution in [3.05, 3.63) is 58.6 Å². The second-order valence-electron chi connectivity index (χ2n) is 5.49. The maximum absolute atomic E-state index is 12.5. The largest absolute Gasteiger partial charge is 0.274 e. The van der Waals surface area contributed by atoms with Crippen LogP contribution >= 0.6 is 15.9 Å². The summed E-state index contributed by atoms with van der Waals surface area (Å²) >= 11 is 3.31. The molecule has 0 fully saturated rings. The summed E-state index contributed by atoms with van der Waals surface area (Å²) < 4.78 is 29.4. The number of benzene rings is 2. The summed E-state index contributed by atoms with van der Waals surface area (Å²) in [7, 11) is -2.35. The minimum absolute atomic E-state index is 0.0397. The van der Waals surface area contributed by atoms with E-state index in [0.717, 1.165) is 4.47 Å². The Morgan fingerprint density at radius 3 is 2.58 bits per heavy atom. The van der Waals surface area contributed by atoms with Crippen LogP contribution in [0.15, 0.2) is 57.9 Å². The Morgan fingerprint density at radius 1 is 1.19 bits per heavy atom. The molecular weight excluding hydrogens is 422 g/mol. The number of carbonyl (C=O) groups is 1. The van der Waals surface area contributed by atoms with Gasteiger partial charge in [-0.3, -0.25) is 4.79 Å². The minimum Gasteiger partial charge on any atom is -0.274 e. The maximum Gasteiger partial charge on any atom is 0.264 e. The molecule has 1 heterocycles. The lowest BCUT2D eigenvalue weighted by atomic mass is 10.1. The maximum atomic E-state index is 12.5. The first-order chi connectivity index (χ1) is 12.3. The van der Waals surface area contributed by atoms with Crippen molar-refractivity contribution < 1.29 is 13.2 Å². The molecule has 26 heavy (non-hydrogen) atoms. The predicted octanol–water partition coefficient (Wildman–Crippen LogP) is 1.69. The third kappa shape index (κ3) is 4.14. The average molecular weight is 436 g/mol. The lowest BCUT2D eigenvalue weighted by Gasteiger charge is -2.08. The molecule has 1 N–H and O–H groups in total. The smallest absolute Gasteiger partial charge is 0.264 e. The highest BCUT2D eigenvalue weighted by Gasteiger charge is 2.19. The van der Waals surface area contributed by atoms with E-state index in [1.165, 1.54) is 16.8 Å². The van der Waals surface area contributed by atoms with E-state index in [4.69, 9.17) is 0 Å². The number of nitrogens with zero attached hydrogens (tertiary/aromatic N) is 4. The van der Waals surface area contributed by atoms with Crippen LogP contribution in [0.4, 0.5) is 0 Å². The lowest BCUT2D eigenvalue weighted by molar-refractivity contribution is -0.118. The number of carbonyl (C=O) groups excluding carboxylic acids is 1. The van der Waals surface area contributed by atoms with Gasteiger partial charge < -0.3 is 0 Å². The molecule has 10 heteroatoms. The van der Waals surface area contributed by atoms with Gasteiger partial charge in [0.15, 0.2) is 5.82 Å². The fraction of sp³-hybridized carbons (Fsp3) is 0.125. The van der Waals surface area contributed by atoms with Gasteiger partial charge in [0.1, 0.15) is 0 Å². The summed E-state index contributed by atoms with van der Waals surface area (Å²) in [5.74, 6) is -0.193. The van der Waals surface area contributed by atoms with Gasteiger partial charge in [-0.1, -0.05) is 40.2 Å². The Labute approximate surface area is 158 Å². The molecule has 0 spiro atoms. The zero-order valence-electron chi connectivity index (χ0n) is 13.6. The molecule has 0 aliphatic heterocycles. The number of aryl methyl sites for hydroxylation is 1. The van der Waals surface area contributed by atoms with Gasteiger partial charge in [-0.15, -0.1) is 5.10 Å². The van der Waals surface area contributed by atoms with E-state index >= 15 is 0 Å². The second kappa shape index (κ2) is 7.34. The number of hydrogen-bond donors (Lipinski definition) is 1. The van der Waals surface area contributed by atoms with E-state index in [9.17, 15) is 13.2 Å². The van der Waals surface area contributed by atoms with Crippen LogP contribution in [0.2, 0.25) is 0 Å². The van der Waals surface area contributed by atoms with Crippen LogP contribution in [0.1, 0.15) is 5.56 Å². The zero-order chi connectivity index (χ0) is 18.7. The van der Waals surface area contributed by atoms with Gasteiger partial charge in [-0.05, 0) is 40.3 Å². The Kier molecular flexibility index (Phi) is 5.14. The minimum atomic E-state index is -4.00. The Hall–Kier alpha value is -2.59. The number of nitrogens with one attached hydrogen (secondary N) is 1. The first kappa shape index (κ1) is 18.2. The second-order valence-corrected chi connectivity index (χ2v) is 8.08. The first-order valence-corrected chi connectivity index (χ1v) is 9.76. The molecule has 0 saturated carbocycles. The van der Waals surface area contributed by atoms with Gasteiger partial charge >= 0.3 is 0 Å². The van der Waals surface area contributed by atoms with Crippen molar-refractivity contribution in [2.75, 3.05) is 0 Å². The molecule has 8 nitrogen and oxygen atoms in total. The average Bonchev–Trinajstić information content (AvgIpc) is 3.03. The van der Waals surface area contributed by atoms with Gasteiger partial charge in [-0.25, -0.2) is 17.8 Å². The highest BCUT2D eigenvalue weighted by Crippen LogP contribution is 2.19. The van der Waals surface area contributed by atoms with Crippen molar-refractivity contribution in [2.24, 2.45) is 7.05 Å². The predicted molar refractivity (Wildman–Crippen MR) is 97.4 cm³/mol. The molecule has 3 rings (SSSR count). The van der Waals surface area contributed by atoms with Crippen molar-refractivity contribution in [3.63, 3.8) is 0 Å². The summed E-state index contributed by atoms with van der Waals surface area (Å²) in [4.78, 5) is 12.1. The molecule has 1 amide bonds. The number of aromatic nitrogens is 4. The van der Waals surface area contributed by atoms with E-state index in [2.05, 4.69) is 36.2 Å². The summed E-state index contributed by atoms with van der Waals surface area (Å²) in [5.41, 5.74) is 1.24. The highest BCUT2D eigenvalue weighted by molar-refractivity contribution is 9.10. The van der Waals surface area contributed by atoms with Gasteiger partial charge in [0.05, 0.1) is 11.3 Å². The highest BCUT2D eigenvalue weighted by atomic mass is 79.9. The molecule has 134 valence electrons. The number of amides is 1. The molecular formula is C16H14BrN5O3S. The normalized spacial score (nSPS) is 11.3. The van der Waals surface area contributed by atoms with E-state index in [1.54, 1.807) is 43.4 Å². The van der Waals surface area contributed by atoms with Crippen LogP contribution in [0.3, 0.4) is 0 Å². The van der Waals surface area contributed by atoms with Gasteiger partial charge in [0.2, 0.25) is 5.91 Å². The number of hydrogen-bond acceptors (Lipinski definition) is 6. The quantitative estimate of drug-likeness (QED) is 0.653. The third-order valence-electron chi connectivity index (χ3n) is 3.55. The number of halogens is 1. The van der Waals surface area contributed by atoms with Gasteiger partial charge in [-0.2, -0.15) is 0 Å². The Bertz CT molecular complexity index is 1050. The Balaban J connectivity index is 1.78. The van der Waals surface area contributed by atoms with E-state index < -0.39 is 15.9 Å². The topological polar surface area (TPSA) is 107 Å². The molecule has 0 atom stereocenters. The standard InChI is InChI=1S/C16H14BrN5O3S/c1-22-16(18-20-21-22)12-3-2-4-14(10-12)26(24,25)19-15(23)9-11-5-7-13(17)8-6-11/h2-8,10H,9H2,1H3,(H,19,23). The van der Waals surface area contributed by atoms with Crippen molar-refractivity contribution >= 4 is 31.9 Å². The monoisotopic (exact) mass is 435 g/mol. The fourth-order valence-electron chi connectivity index (χ4n) is 2.31. The van der Waals surface area contributed by atoms with Crippen LogP contribution in [-0.2, 0) is 28.3 Å². The zero-order valence-corrected chi connectivity index (χ0v) is 16.0. The number of tetrazole rings is 1. The molecule has 0 aliphatic rings. The van der Waals surface area contributed by atoms with Crippen molar-refractivity contribution in [1.82, 2.24) is 24.9 Å². The summed E-state index contributed by atoms with van der Waals surface area (Å²) in [6, 6.07) is 13.1. The molecule has 0 saturated heterocycles. The van der Waals surface area contributed by atoms with Crippen LogP contribution in [-0.4, -0.2) is 34.5 Å². The molecule has 0 bridgehead atoms. The number of sulfonamides is 1. The van der Waals surface area contributed by atoms with Crippen LogP contribution in [0, 0.1) is 0 Å². The summed E-state index contributed by atoms with van der Waals surface area (Å²) in [6.07, 6.45) is -0.0423. The first-order valence-electron chi connectivity index (χ1n) is 7.48. The van der Waals surface area contributed by atoms with E-state index in [-0.39, 0.29) is 11.3 Å². The summed E-state index contributed by atoms with van der Waals surface area (Å²) in [6.45, 7) is 0. The fourth-order valence-corrected chi connectivity index (χ4v) is 3.60. The SMILES string of the molecule is Cn1nnnc1-c1cccc(S(=O)(=O)NC(=O)Cc2ccc(Br)cc2)c1. The van der Waals surface area contributed by atoms with Crippen LogP contribution in [0.25, 0.3) is 11.4 Å². The van der Waals surface area contributed by atoms with E-state index in [1.807, 2.05) is 0 Å². The lowest BCUT2D eigenvalue weighted by Crippen LogP contribution is -2.31. The number of rotatable bonds is 5. The summed E-state index contributed by atoms with van der Waals surface area (Å²) in [5, 5.41) is 11.1. The van der Waals surface area contributed by atoms with E-state index in [0.29, 0.717) is 17.0 Å². The van der Waals surface area contributed by atoms with Crippen LogP contribution < -0.4 is 4.72 Å².